The zero-order chi connectivity index (χ0) is 13.2. The van der Waals surface area contributed by atoms with E-state index < -0.39 is 0 Å². The van der Waals surface area contributed by atoms with Gasteiger partial charge in [0.25, 0.3) is 0 Å². The molecular formula is C13H14ClN3O2. The van der Waals surface area contributed by atoms with Crippen LogP contribution in [0.5, 0.6) is 5.75 Å². The molecule has 1 unspecified atom stereocenters. The van der Waals surface area contributed by atoms with E-state index in [9.17, 15) is 0 Å². The summed E-state index contributed by atoms with van der Waals surface area (Å²) in [6.45, 7) is 3.09. The summed E-state index contributed by atoms with van der Waals surface area (Å²) in [5, 5.41) is 7.84. The number of fused-ring (bicyclic) bond motifs is 1. The molecule has 0 spiro atoms. The molecule has 1 aromatic heterocycles. The third kappa shape index (κ3) is 2.88. The van der Waals surface area contributed by atoms with Crippen LogP contribution in [0.15, 0.2) is 22.7 Å². The fourth-order valence-corrected chi connectivity index (χ4v) is 2.36. The summed E-state index contributed by atoms with van der Waals surface area (Å²) < 4.78 is 10.7. The molecule has 1 N–H and O–H groups in total. The van der Waals surface area contributed by atoms with Crippen LogP contribution in [-0.4, -0.2) is 22.8 Å². The molecule has 0 bridgehead atoms. The normalized spacial score (nSPS) is 17.3. The first kappa shape index (κ1) is 12.4. The van der Waals surface area contributed by atoms with Crippen molar-refractivity contribution in [3.63, 3.8) is 0 Å². The number of halogens is 1. The van der Waals surface area contributed by atoms with Gasteiger partial charge < -0.3 is 14.6 Å². The minimum atomic E-state index is 0.126. The third-order valence-corrected chi connectivity index (χ3v) is 3.22. The number of hydrogen-bond acceptors (Lipinski definition) is 5. The first-order chi connectivity index (χ1) is 9.20. The highest BCUT2D eigenvalue weighted by Gasteiger charge is 2.22. The maximum atomic E-state index is 5.96. The number of rotatable bonds is 4. The SMILES string of the molecule is Cc1nc(CNCC2Cc3cc(Cl)ccc3O2)no1. The number of benzene rings is 1. The Kier molecular flexibility index (Phi) is 3.40. The van der Waals surface area contributed by atoms with Crippen LogP contribution in [0.3, 0.4) is 0 Å². The van der Waals surface area contributed by atoms with Gasteiger partial charge >= 0.3 is 0 Å². The number of aromatic nitrogens is 2. The van der Waals surface area contributed by atoms with Crippen molar-refractivity contribution in [1.29, 1.82) is 0 Å². The van der Waals surface area contributed by atoms with E-state index in [2.05, 4.69) is 15.5 Å². The molecule has 0 radical (unpaired) electrons. The van der Waals surface area contributed by atoms with Crippen LogP contribution in [0.2, 0.25) is 5.02 Å². The molecule has 0 saturated carbocycles. The van der Waals surface area contributed by atoms with Crippen LogP contribution < -0.4 is 10.1 Å². The lowest BCUT2D eigenvalue weighted by atomic mass is 10.1. The molecule has 1 aromatic carbocycles. The van der Waals surface area contributed by atoms with Gasteiger partial charge in [0.1, 0.15) is 11.9 Å². The molecule has 0 saturated heterocycles. The Labute approximate surface area is 115 Å². The first-order valence-corrected chi connectivity index (χ1v) is 6.53. The van der Waals surface area contributed by atoms with Gasteiger partial charge in [-0.1, -0.05) is 16.8 Å². The molecule has 0 aliphatic carbocycles. The maximum absolute atomic E-state index is 5.96. The second kappa shape index (κ2) is 5.19. The topological polar surface area (TPSA) is 60.2 Å². The molecule has 2 heterocycles. The molecule has 1 aliphatic heterocycles. The highest BCUT2D eigenvalue weighted by Crippen LogP contribution is 2.30. The van der Waals surface area contributed by atoms with E-state index in [1.165, 1.54) is 0 Å². The lowest BCUT2D eigenvalue weighted by Crippen LogP contribution is -2.30. The molecule has 1 aliphatic rings. The number of hydrogen-bond donors (Lipinski definition) is 1. The summed E-state index contributed by atoms with van der Waals surface area (Å²) in [5.74, 6) is 2.17. The standard InChI is InChI=1S/C13H14ClN3O2/c1-8-16-13(17-19-8)7-15-6-11-5-9-4-10(14)2-3-12(9)18-11/h2-4,11,15H,5-7H2,1H3. The van der Waals surface area contributed by atoms with Gasteiger partial charge in [-0.2, -0.15) is 4.98 Å². The number of nitrogens with one attached hydrogen (secondary N) is 1. The van der Waals surface area contributed by atoms with Crippen LogP contribution in [0.1, 0.15) is 17.3 Å². The van der Waals surface area contributed by atoms with Crippen LogP contribution in [0.25, 0.3) is 0 Å². The van der Waals surface area contributed by atoms with Gasteiger partial charge in [0, 0.05) is 24.9 Å². The Bertz CT molecular complexity index is 585. The van der Waals surface area contributed by atoms with Crippen molar-refractivity contribution >= 4 is 11.6 Å². The number of ether oxygens (including phenoxy) is 1. The molecule has 5 nitrogen and oxygen atoms in total. The van der Waals surface area contributed by atoms with Crippen LogP contribution in [-0.2, 0) is 13.0 Å². The van der Waals surface area contributed by atoms with Crippen molar-refractivity contribution in [2.24, 2.45) is 0 Å². The fourth-order valence-electron chi connectivity index (χ4n) is 2.16. The molecular weight excluding hydrogens is 266 g/mol. The van der Waals surface area contributed by atoms with Gasteiger partial charge in [-0.05, 0) is 23.8 Å². The van der Waals surface area contributed by atoms with Crippen LogP contribution in [0.4, 0.5) is 0 Å². The Balaban J connectivity index is 1.51. The maximum Gasteiger partial charge on any atom is 0.223 e. The molecule has 100 valence electrons. The lowest BCUT2D eigenvalue weighted by molar-refractivity contribution is 0.226. The summed E-state index contributed by atoms with van der Waals surface area (Å²) >= 11 is 5.96. The van der Waals surface area contributed by atoms with Gasteiger partial charge in [0.2, 0.25) is 5.89 Å². The second-order valence-electron chi connectivity index (χ2n) is 4.56. The Morgan fingerprint density at radius 1 is 1.47 bits per heavy atom. The van der Waals surface area contributed by atoms with Gasteiger partial charge in [-0.15, -0.1) is 0 Å². The van der Waals surface area contributed by atoms with Gasteiger partial charge in [-0.25, -0.2) is 0 Å². The van der Waals surface area contributed by atoms with E-state index in [1.54, 1.807) is 6.92 Å². The van der Waals surface area contributed by atoms with E-state index in [4.69, 9.17) is 20.9 Å². The molecule has 0 fully saturated rings. The summed E-state index contributed by atoms with van der Waals surface area (Å²) in [5.41, 5.74) is 1.16. The minimum absolute atomic E-state index is 0.126. The molecule has 19 heavy (non-hydrogen) atoms. The Morgan fingerprint density at radius 3 is 3.16 bits per heavy atom. The van der Waals surface area contributed by atoms with Gasteiger partial charge in [0.05, 0.1) is 6.54 Å². The highest BCUT2D eigenvalue weighted by molar-refractivity contribution is 6.30. The quantitative estimate of drug-likeness (QED) is 0.929. The molecule has 1 atom stereocenters. The number of aryl methyl sites for hydroxylation is 1. The van der Waals surface area contributed by atoms with Crippen molar-refractivity contribution in [2.75, 3.05) is 6.54 Å². The number of nitrogens with zero attached hydrogens (tertiary/aromatic N) is 2. The lowest BCUT2D eigenvalue weighted by Gasteiger charge is -2.10. The monoisotopic (exact) mass is 279 g/mol. The van der Waals surface area contributed by atoms with E-state index in [0.29, 0.717) is 18.3 Å². The summed E-state index contributed by atoms with van der Waals surface area (Å²) in [4.78, 5) is 4.13. The van der Waals surface area contributed by atoms with Crippen molar-refractivity contribution in [3.8, 4) is 5.75 Å². The predicted octanol–water partition coefficient (Wildman–Crippen LogP) is 2.12. The van der Waals surface area contributed by atoms with E-state index >= 15 is 0 Å². The smallest absolute Gasteiger partial charge is 0.223 e. The minimum Gasteiger partial charge on any atom is -0.488 e. The average molecular weight is 280 g/mol. The first-order valence-electron chi connectivity index (χ1n) is 6.16. The highest BCUT2D eigenvalue weighted by atomic mass is 35.5. The van der Waals surface area contributed by atoms with Crippen molar-refractivity contribution in [3.05, 3.63) is 40.5 Å². The summed E-state index contributed by atoms with van der Waals surface area (Å²) in [6, 6.07) is 5.72. The molecule has 2 aromatic rings. The Hall–Kier alpha value is -1.59. The molecule has 0 amide bonds. The summed E-state index contributed by atoms with van der Waals surface area (Å²) in [6.07, 6.45) is 0.996. The van der Waals surface area contributed by atoms with E-state index in [-0.39, 0.29) is 6.10 Å². The summed E-state index contributed by atoms with van der Waals surface area (Å²) in [7, 11) is 0. The van der Waals surface area contributed by atoms with E-state index in [0.717, 1.165) is 29.3 Å². The van der Waals surface area contributed by atoms with Gasteiger partial charge in [-0.3, -0.25) is 0 Å². The largest absolute Gasteiger partial charge is 0.488 e. The third-order valence-electron chi connectivity index (χ3n) is 2.99. The average Bonchev–Trinajstić information content (AvgIpc) is 2.95. The van der Waals surface area contributed by atoms with Crippen molar-refractivity contribution in [2.45, 2.75) is 26.0 Å². The molecule has 3 rings (SSSR count). The van der Waals surface area contributed by atoms with Crippen LogP contribution in [0, 0.1) is 6.92 Å². The van der Waals surface area contributed by atoms with Crippen LogP contribution >= 0.6 is 11.6 Å². The molecule has 6 heteroatoms. The van der Waals surface area contributed by atoms with Crippen molar-refractivity contribution in [1.82, 2.24) is 15.5 Å². The van der Waals surface area contributed by atoms with E-state index in [1.807, 2.05) is 18.2 Å². The fraction of sp³-hybridized carbons (Fsp3) is 0.385. The zero-order valence-electron chi connectivity index (χ0n) is 10.5. The second-order valence-corrected chi connectivity index (χ2v) is 4.99. The predicted molar refractivity (Wildman–Crippen MR) is 70.3 cm³/mol. The van der Waals surface area contributed by atoms with Gasteiger partial charge in [0.15, 0.2) is 5.82 Å². The Morgan fingerprint density at radius 2 is 2.37 bits per heavy atom. The zero-order valence-corrected chi connectivity index (χ0v) is 11.3. The van der Waals surface area contributed by atoms with Crippen molar-refractivity contribution < 1.29 is 9.26 Å².